The van der Waals surface area contributed by atoms with Crippen molar-refractivity contribution in [1.82, 2.24) is 15.0 Å². The third-order valence-corrected chi connectivity index (χ3v) is 5.72. The van der Waals surface area contributed by atoms with E-state index in [0.29, 0.717) is 0 Å². The summed E-state index contributed by atoms with van der Waals surface area (Å²) in [5.41, 5.74) is 0.969. The number of rotatable bonds is 3. The molecule has 0 bridgehead atoms. The first-order chi connectivity index (χ1) is 9.88. The van der Waals surface area contributed by atoms with Gasteiger partial charge in [0.1, 0.15) is 10.5 Å². The molecule has 108 valence electrons. The minimum Gasteiger partial charge on any atom is -0.262 e. The number of pyridine rings is 1. The zero-order chi connectivity index (χ0) is 13.4. The number of hydrogen-bond acceptors (Lipinski definition) is 5. The van der Waals surface area contributed by atoms with Crippen molar-refractivity contribution in [3.05, 3.63) is 39.5 Å². The Labute approximate surface area is 137 Å². The van der Waals surface area contributed by atoms with E-state index in [1.54, 1.807) is 11.3 Å². The number of aromatic nitrogens is 3. The molecule has 1 aliphatic carbocycles. The van der Waals surface area contributed by atoms with Crippen molar-refractivity contribution in [3.63, 3.8) is 0 Å². The van der Waals surface area contributed by atoms with Gasteiger partial charge in [-0.1, -0.05) is 6.42 Å². The van der Waals surface area contributed by atoms with Gasteiger partial charge in [0.05, 0.1) is 15.9 Å². The van der Waals surface area contributed by atoms with Crippen molar-refractivity contribution in [2.24, 2.45) is 0 Å². The van der Waals surface area contributed by atoms with Gasteiger partial charge in [-0.3, -0.25) is 4.98 Å². The minimum atomic E-state index is 0. The van der Waals surface area contributed by atoms with Crippen molar-refractivity contribution in [3.8, 4) is 0 Å². The SMILES string of the molecule is C(=C\c1nc2cnccc2s1)/c1cnc(C2CCC2)s1.Cl. The van der Waals surface area contributed by atoms with Crippen LogP contribution in [0, 0.1) is 0 Å². The van der Waals surface area contributed by atoms with E-state index in [-0.39, 0.29) is 12.4 Å². The molecule has 0 amide bonds. The molecular formula is C15H14ClN3S2. The highest BCUT2D eigenvalue weighted by molar-refractivity contribution is 7.19. The topological polar surface area (TPSA) is 38.7 Å². The second-order valence-electron chi connectivity index (χ2n) is 4.96. The van der Waals surface area contributed by atoms with E-state index in [2.05, 4.69) is 27.1 Å². The van der Waals surface area contributed by atoms with Crippen LogP contribution < -0.4 is 0 Å². The van der Waals surface area contributed by atoms with Crippen molar-refractivity contribution in [1.29, 1.82) is 0 Å². The lowest BCUT2D eigenvalue weighted by Crippen LogP contribution is -2.07. The molecule has 3 aromatic rings. The standard InChI is InChI=1S/C15H13N3S2.ClH/c1-2-10(3-1)15-17-8-11(19-15)4-5-14-18-12-9-16-7-6-13(12)20-14;/h4-10H,1-3H2;1H/b5-4+;. The summed E-state index contributed by atoms with van der Waals surface area (Å²) in [7, 11) is 0. The fourth-order valence-electron chi connectivity index (χ4n) is 2.24. The summed E-state index contributed by atoms with van der Waals surface area (Å²) in [6, 6.07) is 2.01. The average Bonchev–Trinajstić information content (AvgIpc) is 3.00. The third kappa shape index (κ3) is 3.00. The summed E-state index contributed by atoms with van der Waals surface area (Å²) < 4.78 is 1.18. The summed E-state index contributed by atoms with van der Waals surface area (Å²) >= 11 is 3.50. The maximum Gasteiger partial charge on any atom is 0.117 e. The molecule has 6 heteroatoms. The van der Waals surface area contributed by atoms with Crippen LogP contribution in [0.15, 0.2) is 24.7 Å². The maximum atomic E-state index is 4.55. The molecule has 4 rings (SSSR count). The molecule has 21 heavy (non-hydrogen) atoms. The van der Waals surface area contributed by atoms with E-state index in [4.69, 9.17) is 0 Å². The molecule has 3 nitrogen and oxygen atoms in total. The van der Waals surface area contributed by atoms with Gasteiger partial charge in [-0.2, -0.15) is 0 Å². The zero-order valence-corrected chi connectivity index (χ0v) is 13.7. The molecule has 0 unspecified atom stereocenters. The van der Waals surface area contributed by atoms with Gasteiger partial charge in [0.25, 0.3) is 0 Å². The molecule has 0 aromatic carbocycles. The smallest absolute Gasteiger partial charge is 0.117 e. The number of fused-ring (bicyclic) bond motifs is 1. The number of hydrogen-bond donors (Lipinski definition) is 0. The summed E-state index contributed by atoms with van der Waals surface area (Å²) in [5, 5.41) is 2.32. The molecule has 1 aliphatic rings. The lowest BCUT2D eigenvalue weighted by atomic mass is 9.86. The number of thiazole rings is 2. The Morgan fingerprint density at radius 1 is 1.14 bits per heavy atom. The van der Waals surface area contributed by atoms with Gasteiger partial charge >= 0.3 is 0 Å². The Bertz CT molecular complexity index is 741. The molecule has 1 saturated carbocycles. The van der Waals surface area contributed by atoms with Crippen LogP contribution >= 0.6 is 35.1 Å². The van der Waals surface area contributed by atoms with Crippen LogP contribution in [0.2, 0.25) is 0 Å². The molecule has 1 fully saturated rings. The Balaban J connectivity index is 0.00000132. The Morgan fingerprint density at radius 2 is 2.05 bits per heavy atom. The molecule has 0 aliphatic heterocycles. The maximum absolute atomic E-state index is 4.55. The molecule has 0 atom stereocenters. The van der Waals surface area contributed by atoms with Crippen LogP contribution in [0.1, 0.15) is 40.1 Å². The first-order valence-corrected chi connectivity index (χ1v) is 8.36. The second-order valence-corrected chi connectivity index (χ2v) is 7.11. The van der Waals surface area contributed by atoms with E-state index in [1.807, 2.05) is 36.0 Å². The normalized spacial score (nSPS) is 15.2. The quantitative estimate of drug-likeness (QED) is 0.675. The molecule has 3 heterocycles. The highest BCUT2D eigenvalue weighted by atomic mass is 35.5. The van der Waals surface area contributed by atoms with Gasteiger partial charge in [0, 0.05) is 23.2 Å². The first-order valence-electron chi connectivity index (χ1n) is 6.73. The highest BCUT2D eigenvalue weighted by Crippen LogP contribution is 2.38. The molecule has 3 aromatic heterocycles. The van der Waals surface area contributed by atoms with Gasteiger partial charge in [-0.25, -0.2) is 9.97 Å². The molecule has 0 N–H and O–H groups in total. The van der Waals surface area contributed by atoms with Crippen molar-refractivity contribution in [2.45, 2.75) is 25.2 Å². The van der Waals surface area contributed by atoms with Gasteiger partial charge in [-0.05, 0) is 31.1 Å². The molecule has 0 saturated heterocycles. The Morgan fingerprint density at radius 3 is 2.81 bits per heavy atom. The number of halogens is 1. The second kappa shape index (κ2) is 6.22. The van der Waals surface area contributed by atoms with Crippen molar-refractivity contribution in [2.75, 3.05) is 0 Å². The van der Waals surface area contributed by atoms with Crippen LogP contribution in [-0.4, -0.2) is 15.0 Å². The van der Waals surface area contributed by atoms with Crippen molar-refractivity contribution >= 4 is 57.4 Å². The van der Waals surface area contributed by atoms with E-state index >= 15 is 0 Å². The van der Waals surface area contributed by atoms with Gasteiger partial charge in [-0.15, -0.1) is 35.1 Å². The van der Waals surface area contributed by atoms with E-state index in [9.17, 15) is 0 Å². The first kappa shape index (κ1) is 14.6. The highest BCUT2D eigenvalue weighted by Gasteiger charge is 2.22. The lowest BCUT2D eigenvalue weighted by molar-refractivity contribution is 0.418. The van der Waals surface area contributed by atoms with Crippen LogP contribution in [-0.2, 0) is 0 Å². The summed E-state index contributed by atoms with van der Waals surface area (Å²) in [6.07, 6.45) is 13.8. The third-order valence-electron chi connectivity index (χ3n) is 3.59. The fraction of sp³-hybridized carbons (Fsp3) is 0.267. The van der Waals surface area contributed by atoms with E-state index in [0.717, 1.165) is 16.4 Å². The van der Waals surface area contributed by atoms with Crippen molar-refractivity contribution < 1.29 is 0 Å². The van der Waals surface area contributed by atoms with Gasteiger partial charge in [0.2, 0.25) is 0 Å². The molecule has 0 spiro atoms. The zero-order valence-electron chi connectivity index (χ0n) is 11.2. The summed E-state index contributed by atoms with van der Waals surface area (Å²) in [5.74, 6) is 0.718. The molecule has 0 radical (unpaired) electrons. The minimum absolute atomic E-state index is 0. The Kier molecular flexibility index (Phi) is 4.33. The van der Waals surface area contributed by atoms with Gasteiger partial charge < -0.3 is 0 Å². The van der Waals surface area contributed by atoms with Crippen LogP contribution in [0.25, 0.3) is 22.4 Å². The molecular weight excluding hydrogens is 322 g/mol. The predicted molar refractivity (Wildman–Crippen MR) is 92.3 cm³/mol. The number of nitrogens with zero attached hydrogens (tertiary/aromatic N) is 3. The fourth-order valence-corrected chi connectivity index (χ4v) is 4.07. The monoisotopic (exact) mass is 335 g/mol. The Hall–Kier alpha value is -1.30. The van der Waals surface area contributed by atoms with E-state index in [1.165, 1.54) is 33.8 Å². The van der Waals surface area contributed by atoms with Crippen LogP contribution in [0.4, 0.5) is 0 Å². The van der Waals surface area contributed by atoms with Crippen LogP contribution in [0.5, 0.6) is 0 Å². The average molecular weight is 336 g/mol. The largest absolute Gasteiger partial charge is 0.262 e. The summed E-state index contributed by atoms with van der Waals surface area (Å²) in [4.78, 5) is 14.4. The van der Waals surface area contributed by atoms with Gasteiger partial charge in [0.15, 0.2) is 0 Å². The van der Waals surface area contributed by atoms with Crippen LogP contribution in [0.3, 0.4) is 0 Å². The predicted octanol–water partition coefficient (Wildman–Crippen LogP) is 5.01. The summed E-state index contributed by atoms with van der Waals surface area (Å²) in [6.45, 7) is 0. The van der Waals surface area contributed by atoms with E-state index < -0.39 is 0 Å². The lowest BCUT2D eigenvalue weighted by Gasteiger charge is -2.22.